The third-order valence-corrected chi connectivity index (χ3v) is 3.84. The zero-order chi connectivity index (χ0) is 12.8. The van der Waals surface area contributed by atoms with Crippen LogP contribution in [0.1, 0.15) is 34.1 Å². The van der Waals surface area contributed by atoms with E-state index in [1.165, 1.54) is 0 Å². The number of aliphatic hydroxyl groups excluding tert-OH is 2. The quantitative estimate of drug-likeness (QED) is 0.689. The molecule has 0 amide bonds. The second-order valence-corrected chi connectivity index (χ2v) is 5.67. The van der Waals surface area contributed by atoms with Gasteiger partial charge in [-0.15, -0.1) is 0 Å². The minimum Gasteiger partial charge on any atom is -0.504 e. The van der Waals surface area contributed by atoms with Gasteiger partial charge in [0.1, 0.15) is 0 Å². The first-order chi connectivity index (χ1) is 7.73. The van der Waals surface area contributed by atoms with E-state index in [1.54, 1.807) is 12.2 Å². The minimum atomic E-state index is -0.383. The Morgan fingerprint density at radius 1 is 1.12 bits per heavy atom. The van der Waals surface area contributed by atoms with Crippen molar-refractivity contribution in [3.63, 3.8) is 0 Å². The lowest BCUT2D eigenvalue weighted by atomic mass is 9.68. The van der Waals surface area contributed by atoms with E-state index in [4.69, 9.17) is 9.31 Å². The number of aliphatic hydroxyl groups is 2. The summed E-state index contributed by atoms with van der Waals surface area (Å²) in [6.45, 7) is 7.97. The van der Waals surface area contributed by atoms with Crippen molar-refractivity contribution in [1.82, 2.24) is 0 Å². The Morgan fingerprint density at radius 3 is 2.12 bits per heavy atom. The molecule has 94 valence electrons. The van der Waals surface area contributed by atoms with Gasteiger partial charge in [-0.05, 0) is 46.3 Å². The smallest absolute Gasteiger partial charge is 0.465 e. The second kappa shape index (κ2) is 3.78. The van der Waals surface area contributed by atoms with Gasteiger partial charge in [-0.2, -0.15) is 0 Å². The predicted molar refractivity (Wildman–Crippen MR) is 65.9 cm³/mol. The highest BCUT2D eigenvalue weighted by molar-refractivity contribution is 6.48. The summed E-state index contributed by atoms with van der Waals surface area (Å²) in [7, 11) is -0.383. The van der Waals surface area contributed by atoms with Crippen LogP contribution in [0.3, 0.4) is 0 Å². The molecule has 2 aliphatic rings. The van der Waals surface area contributed by atoms with Crippen molar-refractivity contribution in [2.75, 3.05) is 0 Å². The summed E-state index contributed by atoms with van der Waals surface area (Å²) in [6, 6.07) is 0. The van der Waals surface area contributed by atoms with Gasteiger partial charge < -0.3 is 19.5 Å². The molecule has 0 aromatic heterocycles. The van der Waals surface area contributed by atoms with Crippen LogP contribution in [0.15, 0.2) is 23.7 Å². The first kappa shape index (κ1) is 12.5. The van der Waals surface area contributed by atoms with Gasteiger partial charge in [0.05, 0.1) is 11.2 Å². The average Bonchev–Trinajstić information content (AvgIpc) is 2.41. The maximum Gasteiger partial charge on any atom is 0.465 e. The summed E-state index contributed by atoms with van der Waals surface area (Å²) >= 11 is 0. The van der Waals surface area contributed by atoms with Gasteiger partial charge in [0.25, 0.3) is 0 Å². The third kappa shape index (κ3) is 2.09. The summed E-state index contributed by atoms with van der Waals surface area (Å²) in [5, 5.41) is 18.8. The van der Waals surface area contributed by atoms with Crippen molar-refractivity contribution in [3.05, 3.63) is 23.7 Å². The molecule has 1 saturated heterocycles. The Morgan fingerprint density at radius 2 is 1.65 bits per heavy atom. The molecule has 0 bridgehead atoms. The topological polar surface area (TPSA) is 58.9 Å². The molecule has 2 N–H and O–H groups in total. The van der Waals surface area contributed by atoms with Crippen molar-refractivity contribution in [2.45, 2.75) is 51.1 Å². The van der Waals surface area contributed by atoms with E-state index in [0.717, 1.165) is 0 Å². The molecule has 5 heteroatoms. The van der Waals surface area contributed by atoms with Gasteiger partial charge >= 0.3 is 7.12 Å². The largest absolute Gasteiger partial charge is 0.504 e. The molecular weight excluding hydrogens is 219 g/mol. The fourth-order valence-electron chi connectivity index (χ4n) is 1.96. The van der Waals surface area contributed by atoms with E-state index in [2.05, 4.69) is 0 Å². The van der Waals surface area contributed by atoms with Crippen LogP contribution in [-0.2, 0) is 9.31 Å². The van der Waals surface area contributed by atoms with Gasteiger partial charge in [0.2, 0.25) is 0 Å². The van der Waals surface area contributed by atoms with Crippen LogP contribution in [0.2, 0.25) is 5.82 Å². The summed E-state index contributed by atoms with van der Waals surface area (Å²) < 4.78 is 11.8. The summed E-state index contributed by atoms with van der Waals surface area (Å²) in [6.07, 6.45) is 3.79. The molecule has 2 rings (SSSR count). The Balaban J connectivity index is 2.13. The highest BCUT2D eigenvalue weighted by Crippen LogP contribution is 2.42. The van der Waals surface area contributed by atoms with Crippen molar-refractivity contribution in [1.29, 1.82) is 0 Å². The fourth-order valence-corrected chi connectivity index (χ4v) is 1.96. The van der Waals surface area contributed by atoms with Crippen molar-refractivity contribution < 1.29 is 19.5 Å². The summed E-state index contributed by atoms with van der Waals surface area (Å²) in [4.78, 5) is 0. The summed E-state index contributed by atoms with van der Waals surface area (Å²) in [5.74, 6) is -0.235. The molecule has 1 aliphatic heterocycles. The molecule has 1 unspecified atom stereocenters. The van der Waals surface area contributed by atoms with E-state index in [-0.39, 0.29) is 35.7 Å². The van der Waals surface area contributed by atoms with Gasteiger partial charge in [-0.1, -0.05) is 0 Å². The Labute approximate surface area is 102 Å². The average molecular weight is 238 g/mol. The molecule has 1 heterocycles. The van der Waals surface area contributed by atoms with Crippen LogP contribution < -0.4 is 0 Å². The van der Waals surface area contributed by atoms with E-state index < -0.39 is 0 Å². The molecule has 1 fully saturated rings. The standard InChI is InChI=1S/C12H19BO4/c1-11(2)12(3,4)17-13(16-11)8-5-6-9(14)10(15)7-8/h6-8,14-15H,5H2,1-4H3. The number of rotatable bonds is 1. The zero-order valence-electron chi connectivity index (χ0n) is 10.7. The number of allylic oxidation sites excluding steroid dienone is 2. The Kier molecular flexibility index (Phi) is 2.79. The van der Waals surface area contributed by atoms with Crippen molar-refractivity contribution in [2.24, 2.45) is 0 Å². The normalized spacial score (nSPS) is 31.1. The lowest BCUT2D eigenvalue weighted by molar-refractivity contribution is 0.00578. The van der Waals surface area contributed by atoms with Crippen LogP contribution in [-0.4, -0.2) is 28.5 Å². The molecule has 0 aromatic rings. The number of hydrogen-bond donors (Lipinski definition) is 2. The molecular formula is C12H19BO4. The Bertz CT molecular complexity index is 368. The van der Waals surface area contributed by atoms with Crippen LogP contribution in [0.25, 0.3) is 0 Å². The molecule has 0 aromatic carbocycles. The van der Waals surface area contributed by atoms with E-state index in [9.17, 15) is 10.2 Å². The third-order valence-electron chi connectivity index (χ3n) is 3.84. The van der Waals surface area contributed by atoms with E-state index in [1.807, 2.05) is 27.7 Å². The highest BCUT2D eigenvalue weighted by atomic mass is 16.7. The van der Waals surface area contributed by atoms with Gasteiger partial charge in [0, 0.05) is 5.82 Å². The highest BCUT2D eigenvalue weighted by Gasteiger charge is 2.53. The first-order valence-corrected chi connectivity index (χ1v) is 5.89. The monoisotopic (exact) mass is 238 g/mol. The first-order valence-electron chi connectivity index (χ1n) is 5.89. The number of hydrogen-bond acceptors (Lipinski definition) is 4. The molecule has 0 spiro atoms. The van der Waals surface area contributed by atoms with Crippen LogP contribution in [0, 0.1) is 0 Å². The zero-order valence-corrected chi connectivity index (χ0v) is 10.7. The molecule has 4 nitrogen and oxygen atoms in total. The van der Waals surface area contributed by atoms with Crippen LogP contribution in [0.5, 0.6) is 0 Å². The lowest BCUT2D eigenvalue weighted by Gasteiger charge is -2.32. The van der Waals surface area contributed by atoms with Gasteiger partial charge in [-0.25, -0.2) is 0 Å². The van der Waals surface area contributed by atoms with Gasteiger partial charge in [-0.3, -0.25) is 0 Å². The Hall–Kier alpha value is -0.935. The minimum absolute atomic E-state index is 0.0630. The predicted octanol–water partition coefficient (Wildman–Crippen LogP) is 2.74. The van der Waals surface area contributed by atoms with Crippen molar-refractivity contribution in [3.8, 4) is 0 Å². The molecule has 17 heavy (non-hydrogen) atoms. The molecule has 1 aliphatic carbocycles. The maximum atomic E-state index is 9.50. The molecule has 1 atom stereocenters. The van der Waals surface area contributed by atoms with Crippen LogP contribution in [0.4, 0.5) is 0 Å². The fraction of sp³-hybridized carbons (Fsp3) is 0.667. The SMILES string of the molecule is CC1(C)OB(C2C=C(O)C(O)=CC2)OC1(C)C. The van der Waals surface area contributed by atoms with Crippen LogP contribution >= 0.6 is 0 Å². The second-order valence-electron chi connectivity index (χ2n) is 5.67. The van der Waals surface area contributed by atoms with E-state index in [0.29, 0.717) is 6.42 Å². The maximum absolute atomic E-state index is 9.50. The summed E-state index contributed by atoms with van der Waals surface area (Å²) in [5.41, 5.74) is -0.741. The van der Waals surface area contributed by atoms with Crippen molar-refractivity contribution >= 4 is 7.12 Å². The molecule has 0 saturated carbocycles. The lowest BCUT2D eigenvalue weighted by Crippen LogP contribution is -2.41. The van der Waals surface area contributed by atoms with Gasteiger partial charge in [0.15, 0.2) is 11.5 Å². The molecule has 0 radical (unpaired) electrons. The van der Waals surface area contributed by atoms with E-state index >= 15 is 0 Å².